The van der Waals surface area contributed by atoms with Crippen LogP contribution < -0.4 is 5.32 Å². The van der Waals surface area contributed by atoms with Crippen LogP contribution in [0.3, 0.4) is 0 Å². The first-order valence-electron chi connectivity index (χ1n) is 4.75. The summed E-state index contributed by atoms with van der Waals surface area (Å²) in [6.45, 7) is 1.91. The van der Waals surface area contributed by atoms with E-state index in [4.69, 9.17) is 5.11 Å². The molecule has 0 amide bonds. The number of carboxylic acids is 1. The van der Waals surface area contributed by atoms with Crippen LogP contribution in [0.2, 0.25) is 0 Å². The van der Waals surface area contributed by atoms with E-state index in [2.05, 4.69) is 5.32 Å². The summed E-state index contributed by atoms with van der Waals surface area (Å²) in [6.07, 6.45) is 0.625. The van der Waals surface area contributed by atoms with E-state index in [1.165, 1.54) is 0 Å². The van der Waals surface area contributed by atoms with Gasteiger partial charge < -0.3 is 10.4 Å². The summed E-state index contributed by atoms with van der Waals surface area (Å²) in [5, 5.41) is 12.2. The Balaban J connectivity index is 2.31. The first kappa shape index (κ1) is 9.06. The summed E-state index contributed by atoms with van der Waals surface area (Å²) < 4.78 is 0. The number of nitrogens with one attached hydrogen (secondary N) is 1. The van der Waals surface area contributed by atoms with Crippen LogP contribution in [-0.2, 0) is 11.2 Å². The number of anilines is 1. The van der Waals surface area contributed by atoms with E-state index < -0.39 is 5.97 Å². The fourth-order valence-electron chi connectivity index (χ4n) is 1.90. The number of carbonyl (C=O) groups is 1. The van der Waals surface area contributed by atoms with E-state index in [1.807, 2.05) is 31.2 Å². The van der Waals surface area contributed by atoms with Gasteiger partial charge in [-0.05, 0) is 25.0 Å². The molecular formula is C11H13NO2. The Kier molecular flexibility index (Phi) is 2.15. The number of hydrogen-bond donors (Lipinski definition) is 2. The fourth-order valence-corrected chi connectivity index (χ4v) is 1.90. The molecule has 0 bridgehead atoms. The minimum absolute atomic E-state index is 0.00222. The van der Waals surface area contributed by atoms with Gasteiger partial charge in [0.15, 0.2) is 0 Å². The Morgan fingerprint density at radius 2 is 2.21 bits per heavy atom. The van der Waals surface area contributed by atoms with Crippen molar-refractivity contribution in [2.75, 3.05) is 5.32 Å². The monoisotopic (exact) mass is 191 g/mol. The number of carboxylic acid groups (broad SMARTS) is 1. The second-order valence-corrected chi connectivity index (χ2v) is 3.74. The number of fused-ring (bicyclic) bond motifs is 1. The Morgan fingerprint density at radius 3 is 2.93 bits per heavy atom. The topological polar surface area (TPSA) is 49.3 Å². The summed E-state index contributed by atoms with van der Waals surface area (Å²) in [4.78, 5) is 10.9. The van der Waals surface area contributed by atoms with Crippen molar-refractivity contribution in [2.45, 2.75) is 19.4 Å². The maximum atomic E-state index is 10.9. The highest BCUT2D eigenvalue weighted by Gasteiger charge is 2.29. The molecule has 0 fully saturated rings. The van der Waals surface area contributed by atoms with Crippen LogP contribution in [0, 0.1) is 5.92 Å². The molecule has 1 aliphatic rings. The van der Waals surface area contributed by atoms with E-state index in [0.717, 1.165) is 11.3 Å². The predicted octanol–water partition coefficient (Wildman–Crippen LogP) is 1.74. The normalized spacial score (nSPS) is 24.9. The molecule has 0 aliphatic carbocycles. The molecule has 0 saturated carbocycles. The molecule has 1 aromatic rings. The molecule has 0 spiro atoms. The second kappa shape index (κ2) is 3.33. The molecule has 2 unspecified atom stereocenters. The van der Waals surface area contributed by atoms with Gasteiger partial charge in [0.05, 0.1) is 5.92 Å². The van der Waals surface area contributed by atoms with Gasteiger partial charge in [-0.1, -0.05) is 18.2 Å². The van der Waals surface area contributed by atoms with Gasteiger partial charge in [-0.3, -0.25) is 4.79 Å². The summed E-state index contributed by atoms with van der Waals surface area (Å²) in [5.74, 6) is -1.04. The van der Waals surface area contributed by atoms with Crippen molar-refractivity contribution in [3.05, 3.63) is 29.8 Å². The minimum atomic E-state index is -0.723. The third kappa shape index (κ3) is 1.45. The van der Waals surface area contributed by atoms with Gasteiger partial charge in [0.1, 0.15) is 0 Å². The number of benzene rings is 1. The fraction of sp³-hybridized carbons (Fsp3) is 0.364. The van der Waals surface area contributed by atoms with Gasteiger partial charge in [-0.15, -0.1) is 0 Å². The molecule has 2 N–H and O–H groups in total. The quantitative estimate of drug-likeness (QED) is 0.711. The molecular weight excluding hydrogens is 178 g/mol. The number of hydrogen-bond acceptors (Lipinski definition) is 2. The number of aliphatic carboxylic acids is 1. The molecule has 1 aromatic carbocycles. The molecule has 14 heavy (non-hydrogen) atoms. The summed E-state index contributed by atoms with van der Waals surface area (Å²) in [6, 6.07) is 7.87. The van der Waals surface area contributed by atoms with E-state index in [-0.39, 0.29) is 12.0 Å². The third-order valence-corrected chi connectivity index (χ3v) is 2.76. The van der Waals surface area contributed by atoms with Crippen molar-refractivity contribution in [1.29, 1.82) is 0 Å². The summed E-state index contributed by atoms with van der Waals surface area (Å²) in [7, 11) is 0. The Morgan fingerprint density at radius 1 is 1.50 bits per heavy atom. The molecule has 0 aromatic heterocycles. The average molecular weight is 191 g/mol. The smallest absolute Gasteiger partial charge is 0.308 e. The largest absolute Gasteiger partial charge is 0.481 e. The lowest BCUT2D eigenvalue weighted by Crippen LogP contribution is -2.37. The SMILES string of the molecule is CC1Nc2ccccc2CC1C(=O)O. The molecule has 74 valence electrons. The third-order valence-electron chi connectivity index (χ3n) is 2.76. The minimum Gasteiger partial charge on any atom is -0.481 e. The highest BCUT2D eigenvalue weighted by Crippen LogP contribution is 2.27. The van der Waals surface area contributed by atoms with Crippen LogP contribution in [0.15, 0.2) is 24.3 Å². The van der Waals surface area contributed by atoms with E-state index >= 15 is 0 Å². The van der Waals surface area contributed by atoms with Crippen LogP contribution in [0.25, 0.3) is 0 Å². The van der Waals surface area contributed by atoms with Crippen molar-refractivity contribution >= 4 is 11.7 Å². The summed E-state index contributed by atoms with van der Waals surface area (Å²) >= 11 is 0. The van der Waals surface area contributed by atoms with Gasteiger partial charge in [-0.2, -0.15) is 0 Å². The maximum absolute atomic E-state index is 10.9. The standard InChI is InChI=1S/C11H13NO2/c1-7-9(11(13)14)6-8-4-2-3-5-10(8)12-7/h2-5,7,9,12H,6H2,1H3,(H,13,14). The van der Waals surface area contributed by atoms with Crippen molar-refractivity contribution in [2.24, 2.45) is 5.92 Å². The lowest BCUT2D eigenvalue weighted by Gasteiger charge is -2.29. The molecule has 0 radical (unpaired) electrons. The zero-order valence-corrected chi connectivity index (χ0v) is 8.03. The molecule has 3 nitrogen and oxygen atoms in total. The van der Waals surface area contributed by atoms with Crippen molar-refractivity contribution in [1.82, 2.24) is 0 Å². The lowest BCUT2D eigenvalue weighted by molar-refractivity contribution is -0.142. The van der Waals surface area contributed by atoms with Crippen molar-refractivity contribution < 1.29 is 9.90 Å². The Bertz CT molecular complexity index is 362. The van der Waals surface area contributed by atoms with Crippen molar-refractivity contribution in [3.8, 4) is 0 Å². The highest BCUT2D eigenvalue weighted by molar-refractivity contribution is 5.74. The van der Waals surface area contributed by atoms with Gasteiger partial charge in [0.25, 0.3) is 0 Å². The maximum Gasteiger partial charge on any atom is 0.308 e. The van der Waals surface area contributed by atoms with Gasteiger partial charge in [0, 0.05) is 11.7 Å². The predicted molar refractivity (Wildman–Crippen MR) is 54.4 cm³/mol. The van der Waals surface area contributed by atoms with E-state index in [1.54, 1.807) is 0 Å². The van der Waals surface area contributed by atoms with Crippen LogP contribution in [-0.4, -0.2) is 17.1 Å². The van der Waals surface area contributed by atoms with Gasteiger partial charge in [0.2, 0.25) is 0 Å². The number of rotatable bonds is 1. The molecule has 2 atom stereocenters. The number of para-hydroxylation sites is 1. The zero-order valence-electron chi connectivity index (χ0n) is 8.03. The molecule has 1 aliphatic heterocycles. The highest BCUT2D eigenvalue weighted by atomic mass is 16.4. The summed E-state index contributed by atoms with van der Waals surface area (Å²) in [5.41, 5.74) is 2.16. The lowest BCUT2D eigenvalue weighted by atomic mass is 9.88. The van der Waals surface area contributed by atoms with Gasteiger partial charge in [-0.25, -0.2) is 0 Å². The van der Waals surface area contributed by atoms with E-state index in [0.29, 0.717) is 6.42 Å². The molecule has 3 heteroatoms. The molecule has 2 rings (SSSR count). The van der Waals surface area contributed by atoms with Crippen LogP contribution in [0.1, 0.15) is 12.5 Å². The zero-order chi connectivity index (χ0) is 10.1. The van der Waals surface area contributed by atoms with Crippen LogP contribution in [0.5, 0.6) is 0 Å². The second-order valence-electron chi connectivity index (χ2n) is 3.74. The first-order chi connectivity index (χ1) is 6.68. The molecule has 1 heterocycles. The average Bonchev–Trinajstić information content (AvgIpc) is 2.16. The first-order valence-corrected chi connectivity index (χ1v) is 4.75. The van der Waals surface area contributed by atoms with Crippen molar-refractivity contribution in [3.63, 3.8) is 0 Å². The molecule has 0 saturated heterocycles. The van der Waals surface area contributed by atoms with Crippen LogP contribution >= 0.6 is 0 Å². The Hall–Kier alpha value is -1.51. The Labute approximate surface area is 82.8 Å². The van der Waals surface area contributed by atoms with Crippen LogP contribution in [0.4, 0.5) is 5.69 Å². The van der Waals surface area contributed by atoms with E-state index in [9.17, 15) is 4.79 Å². The van der Waals surface area contributed by atoms with Gasteiger partial charge >= 0.3 is 5.97 Å².